The van der Waals surface area contributed by atoms with Crippen LogP contribution in [0.3, 0.4) is 0 Å². The summed E-state index contributed by atoms with van der Waals surface area (Å²) in [6.45, 7) is 0.479. The molecule has 0 aliphatic heterocycles. The highest BCUT2D eigenvalue weighted by atomic mass is 79.9. The first-order valence-electron chi connectivity index (χ1n) is 5.06. The van der Waals surface area contributed by atoms with Gasteiger partial charge in [0.2, 0.25) is 5.95 Å². The molecular weight excluding hydrogens is 286 g/mol. The highest BCUT2D eigenvalue weighted by Crippen LogP contribution is 2.18. The van der Waals surface area contributed by atoms with Gasteiger partial charge in [0, 0.05) is 19.5 Å². The molecule has 2 rings (SSSR count). The van der Waals surface area contributed by atoms with Crippen LogP contribution in [0.25, 0.3) is 0 Å². The van der Waals surface area contributed by atoms with Gasteiger partial charge in [-0.3, -0.25) is 0 Å². The molecule has 0 spiro atoms. The molecule has 0 bridgehead atoms. The van der Waals surface area contributed by atoms with Gasteiger partial charge in [-0.05, 0) is 28.1 Å². The van der Waals surface area contributed by atoms with Crippen LogP contribution in [0.4, 0.5) is 5.95 Å². The molecular formula is C11H12BrN3O2. The van der Waals surface area contributed by atoms with E-state index in [1.807, 2.05) is 12.1 Å². The number of ether oxygens (including phenoxy) is 1. The summed E-state index contributed by atoms with van der Waals surface area (Å²) in [6.07, 6.45) is 4.99. The average molecular weight is 298 g/mol. The van der Waals surface area contributed by atoms with E-state index in [4.69, 9.17) is 9.15 Å². The molecule has 0 aliphatic rings. The summed E-state index contributed by atoms with van der Waals surface area (Å²) in [5.41, 5.74) is 0. The van der Waals surface area contributed by atoms with Gasteiger partial charge in [0.25, 0.3) is 0 Å². The van der Waals surface area contributed by atoms with Crippen molar-refractivity contribution in [3.63, 3.8) is 0 Å². The van der Waals surface area contributed by atoms with Crippen molar-refractivity contribution in [3.05, 3.63) is 41.0 Å². The number of methoxy groups -OCH3 is 1. The van der Waals surface area contributed by atoms with Crippen molar-refractivity contribution in [1.29, 1.82) is 0 Å². The Bertz CT molecular complexity index is 444. The second-order valence-corrected chi connectivity index (χ2v) is 4.31. The summed E-state index contributed by atoms with van der Waals surface area (Å²) < 4.78 is 11.3. The third-order valence-corrected chi connectivity index (χ3v) is 2.55. The lowest BCUT2D eigenvalue weighted by molar-refractivity contribution is 0.178. The Labute approximate surface area is 107 Å². The van der Waals surface area contributed by atoms with E-state index >= 15 is 0 Å². The fraction of sp³-hybridized carbons (Fsp3) is 0.273. The molecule has 0 aromatic carbocycles. The van der Waals surface area contributed by atoms with Crippen LogP contribution in [0, 0.1) is 0 Å². The fourth-order valence-corrected chi connectivity index (χ4v) is 1.60. The molecule has 0 radical (unpaired) electrons. The second kappa shape index (κ2) is 5.79. The lowest BCUT2D eigenvalue weighted by Gasteiger charge is -2.15. The lowest BCUT2D eigenvalue weighted by atomic mass is 10.2. The Balaban J connectivity index is 2.10. The Hall–Kier alpha value is -1.40. The minimum absolute atomic E-state index is 0.101. The second-order valence-electron chi connectivity index (χ2n) is 3.39. The van der Waals surface area contributed by atoms with Crippen molar-refractivity contribution >= 4 is 21.9 Å². The van der Waals surface area contributed by atoms with Gasteiger partial charge in [0.1, 0.15) is 11.8 Å². The van der Waals surface area contributed by atoms with Crippen LogP contribution in [-0.2, 0) is 4.74 Å². The number of anilines is 1. The molecule has 2 aromatic heterocycles. The molecule has 1 unspecified atom stereocenters. The molecule has 0 amide bonds. The van der Waals surface area contributed by atoms with Crippen molar-refractivity contribution in [3.8, 4) is 0 Å². The predicted octanol–water partition coefficient (Wildman–Crippen LogP) is 2.63. The van der Waals surface area contributed by atoms with Crippen LogP contribution in [0.15, 0.2) is 39.7 Å². The SMILES string of the molecule is COCC(Nc1ncc(Br)cn1)c1ccco1. The number of aromatic nitrogens is 2. The standard InChI is InChI=1S/C11H12BrN3O2/c1-16-7-9(10-3-2-4-17-10)15-11-13-5-8(12)6-14-11/h2-6,9H,7H2,1H3,(H,13,14,15). The fourth-order valence-electron chi connectivity index (χ4n) is 1.39. The average Bonchev–Trinajstić information content (AvgIpc) is 2.85. The topological polar surface area (TPSA) is 60.2 Å². The normalized spacial score (nSPS) is 12.4. The number of hydrogen-bond acceptors (Lipinski definition) is 5. The number of rotatable bonds is 5. The van der Waals surface area contributed by atoms with Crippen molar-refractivity contribution < 1.29 is 9.15 Å². The Morgan fingerprint density at radius 1 is 1.47 bits per heavy atom. The molecule has 90 valence electrons. The van der Waals surface area contributed by atoms with Crippen molar-refractivity contribution in [2.24, 2.45) is 0 Å². The Kier molecular flexibility index (Phi) is 4.11. The minimum Gasteiger partial charge on any atom is -0.467 e. The number of nitrogens with one attached hydrogen (secondary N) is 1. The first-order valence-corrected chi connectivity index (χ1v) is 5.85. The number of halogens is 1. The zero-order valence-corrected chi connectivity index (χ0v) is 10.8. The van der Waals surface area contributed by atoms with E-state index in [2.05, 4.69) is 31.2 Å². The first kappa shape index (κ1) is 12.1. The van der Waals surface area contributed by atoms with E-state index in [1.165, 1.54) is 0 Å². The van der Waals surface area contributed by atoms with Crippen LogP contribution >= 0.6 is 15.9 Å². The van der Waals surface area contributed by atoms with Gasteiger partial charge in [0.05, 0.1) is 17.3 Å². The maximum Gasteiger partial charge on any atom is 0.223 e. The van der Waals surface area contributed by atoms with E-state index < -0.39 is 0 Å². The number of nitrogens with zero attached hydrogens (tertiary/aromatic N) is 2. The summed E-state index contributed by atoms with van der Waals surface area (Å²) in [4.78, 5) is 8.29. The van der Waals surface area contributed by atoms with E-state index in [1.54, 1.807) is 25.8 Å². The molecule has 0 fully saturated rings. The van der Waals surface area contributed by atoms with Gasteiger partial charge < -0.3 is 14.5 Å². The van der Waals surface area contributed by atoms with Gasteiger partial charge in [-0.25, -0.2) is 9.97 Å². The molecule has 1 N–H and O–H groups in total. The molecule has 5 nitrogen and oxygen atoms in total. The number of furan rings is 1. The molecule has 6 heteroatoms. The molecule has 0 saturated carbocycles. The molecule has 0 saturated heterocycles. The monoisotopic (exact) mass is 297 g/mol. The third-order valence-electron chi connectivity index (χ3n) is 2.14. The maximum atomic E-state index is 5.34. The first-order chi connectivity index (χ1) is 8.29. The van der Waals surface area contributed by atoms with Crippen LogP contribution in [-0.4, -0.2) is 23.7 Å². The minimum atomic E-state index is -0.101. The summed E-state index contributed by atoms with van der Waals surface area (Å²) in [6, 6.07) is 3.62. The van der Waals surface area contributed by atoms with Crippen LogP contribution in [0.5, 0.6) is 0 Å². The quantitative estimate of drug-likeness (QED) is 0.919. The summed E-state index contributed by atoms with van der Waals surface area (Å²) in [5.74, 6) is 1.32. The van der Waals surface area contributed by atoms with E-state index in [0.717, 1.165) is 10.2 Å². The van der Waals surface area contributed by atoms with Gasteiger partial charge in [-0.1, -0.05) is 0 Å². The van der Waals surface area contributed by atoms with Gasteiger partial charge in [-0.2, -0.15) is 0 Å². The van der Waals surface area contributed by atoms with E-state index in [9.17, 15) is 0 Å². The van der Waals surface area contributed by atoms with Gasteiger partial charge in [0.15, 0.2) is 0 Å². The lowest BCUT2D eigenvalue weighted by Crippen LogP contribution is -2.17. The zero-order valence-electron chi connectivity index (χ0n) is 9.26. The summed E-state index contributed by atoms with van der Waals surface area (Å²) in [5, 5.41) is 3.15. The molecule has 17 heavy (non-hydrogen) atoms. The van der Waals surface area contributed by atoms with Crippen LogP contribution < -0.4 is 5.32 Å². The van der Waals surface area contributed by atoms with Gasteiger partial charge >= 0.3 is 0 Å². The summed E-state index contributed by atoms with van der Waals surface area (Å²) in [7, 11) is 1.64. The molecule has 0 aliphatic carbocycles. The maximum absolute atomic E-state index is 5.34. The van der Waals surface area contributed by atoms with Crippen molar-refractivity contribution in [2.45, 2.75) is 6.04 Å². The highest BCUT2D eigenvalue weighted by molar-refractivity contribution is 9.10. The largest absolute Gasteiger partial charge is 0.467 e. The van der Waals surface area contributed by atoms with Crippen LogP contribution in [0.2, 0.25) is 0 Å². The zero-order chi connectivity index (χ0) is 12.1. The summed E-state index contributed by atoms with van der Waals surface area (Å²) >= 11 is 3.29. The van der Waals surface area contributed by atoms with Crippen molar-refractivity contribution in [2.75, 3.05) is 19.0 Å². The van der Waals surface area contributed by atoms with E-state index in [0.29, 0.717) is 12.6 Å². The highest BCUT2D eigenvalue weighted by Gasteiger charge is 2.14. The smallest absolute Gasteiger partial charge is 0.223 e. The van der Waals surface area contributed by atoms with E-state index in [-0.39, 0.29) is 6.04 Å². The van der Waals surface area contributed by atoms with Crippen molar-refractivity contribution in [1.82, 2.24) is 9.97 Å². The third kappa shape index (κ3) is 3.28. The van der Waals surface area contributed by atoms with Gasteiger partial charge in [-0.15, -0.1) is 0 Å². The Morgan fingerprint density at radius 2 is 2.24 bits per heavy atom. The molecule has 1 atom stereocenters. The predicted molar refractivity (Wildman–Crippen MR) is 66.7 cm³/mol. The number of hydrogen-bond donors (Lipinski definition) is 1. The Morgan fingerprint density at radius 3 is 2.82 bits per heavy atom. The molecule has 2 aromatic rings. The van der Waals surface area contributed by atoms with Crippen LogP contribution in [0.1, 0.15) is 11.8 Å². The molecule has 2 heterocycles.